The van der Waals surface area contributed by atoms with Crippen LogP contribution in [0.4, 0.5) is 0 Å². The Morgan fingerprint density at radius 2 is 2.04 bits per heavy atom. The summed E-state index contributed by atoms with van der Waals surface area (Å²) in [6.07, 6.45) is 1.93. The summed E-state index contributed by atoms with van der Waals surface area (Å²) in [7, 11) is 1.63. The molecule has 0 unspecified atom stereocenters. The summed E-state index contributed by atoms with van der Waals surface area (Å²) in [6.45, 7) is 0.430. The van der Waals surface area contributed by atoms with Gasteiger partial charge in [0.1, 0.15) is 11.4 Å². The number of aromatic nitrogens is 2. The number of carbonyl (C=O) groups excluding carboxylic acids is 1. The van der Waals surface area contributed by atoms with Crippen LogP contribution in [0.5, 0.6) is 5.75 Å². The van der Waals surface area contributed by atoms with Crippen molar-refractivity contribution >= 4 is 22.9 Å². The summed E-state index contributed by atoms with van der Waals surface area (Å²) >= 11 is 1.60. The maximum atomic E-state index is 12.8. The molecule has 0 saturated carbocycles. The van der Waals surface area contributed by atoms with Gasteiger partial charge >= 0.3 is 0 Å². The number of hydrogen-bond acceptors (Lipinski definition) is 4. The van der Waals surface area contributed by atoms with Crippen LogP contribution in [0.25, 0.3) is 16.9 Å². The predicted octanol–water partition coefficient (Wildman–Crippen LogP) is 4.00. The summed E-state index contributed by atoms with van der Waals surface area (Å²) in [5, 5.41) is 6.99. The number of ether oxygens (including phenoxy) is 1. The third-order valence-corrected chi connectivity index (χ3v) is 4.83. The van der Waals surface area contributed by atoms with E-state index in [1.807, 2.05) is 69.9 Å². The molecule has 0 aliphatic carbocycles. The molecule has 1 amide bonds. The molecule has 5 nitrogen and oxygen atoms in total. The van der Waals surface area contributed by atoms with E-state index >= 15 is 0 Å². The van der Waals surface area contributed by atoms with Gasteiger partial charge in [-0.1, -0.05) is 18.2 Å². The topological polar surface area (TPSA) is 55.6 Å². The molecule has 0 fully saturated rings. The van der Waals surface area contributed by atoms with Gasteiger partial charge in [-0.25, -0.2) is 4.98 Å². The molecule has 0 bridgehead atoms. The molecule has 1 aromatic carbocycles. The summed E-state index contributed by atoms with van der Waals surface area (Å²) in [5.41, 5.74) is 3.99. The summed E-state index contributed by atoms with van der Waals surface area (Å²) < 4.78 is 7.10. The van der Waals surface area contributed by atoms with Gasteiger partial charge in [-0.2, -0.15) is 11.3 Å². The lowest BCUT2D eigenvalue weighted by molar-refractivity contribution is 0.0947. The number of methoxy groups -OCH3 is 1. The predicted molar refractivity (Wildman–Crippen MR) is 103 cm³/mol. The first-order valence-electron chi connectivity index (χ1n) is 8.17. The Morgan fingerprint density at radius 3 is 2.77 bits per heavy atom. The molecular weight excluding hydrogens is 346 g/mol. The number of nitrogens with one attached hydrogen (secondary N) is 1. The van der Waals surface area contributed by atoms with Gasteiger partial charge in [0.25, 0.3) is 5.91 Å². The van der Waals surface area contributed by atoms with Crippen LogP contribution in [0.2, 0.25) is 0 Å². The number of imidazole rings is 1. The van der Waals surface area contributed by atoms with E-state index in [1.165, 1.54) is 0 Å². The number of benzene rings is 1. The second-order valence-corrected chi connectivity index (χ2v) is 6.56. The van der Waals surface area contributed by atoms with Crippen LogP contribution in [0.1, 0.15) is 16.1 Å². The Balaban J connectivity index is 1.63. The van der Waals surface area contributed by atoms with Crippen LogP contribution in [-0.2, 0) is 6.54 Å². The Kier molecular flexibility index (Phi) is 4.41. The lowest BCUT2D eigenvalue weighted by Gasteiger charge is -2.07. The maximum absolute atomic E-state index is 12.8. The van der Waals surface area contributed by atoms with Crippen molar-refractivity contribution in [2.45, 2.75) is 6.54 Å². The molecule has 3 aromatic heterocycles. The average molecular weight is 363 g/mol. The van der Waals surface area contributed by atoms with Crippen LogP contribution in [0, 0.1) is 0 Å². The zero-order chi connectivity index (χ0) is 17.9. The van der Waals surface area contributed by atoms with Gasteiger partial charge in [0.05, 0.1) is 12.8 Å². The third-order valence-electron chi connectivity index (χ3n) is 4.15. The minimum atomic E-state index is -0.189. The number of hydrogen-bond donors (Lipinski definition) is 1. The minimum absolute atomic E-state index is 0.189. The molecule has 0 aliphatic rings. The first kappa shape index (κ1) is 16.4. The summed E-state index contributed by atoms with van der Waals surface area (Å²) in [5.74, 6) is 0.603. The first-order valence-corrected chi connectivity index (χ1v) is 9.11. The minimum Gasteiger partial charge on any atom is -0.497 e. The van der Waals surface area contributed by atoms with Crippen molar-refractivity contribution in [3.05, 3.63) is 76.7 Å². The number of carbonyl (C=O) groups is 1. The number of pyridine rings is 1. The van der Waals surface area contributed by atoms with Crippen molar-refractivity contribution < 1.29 is 9.53 Å². The molecule has 0 aliphatic heterocycles. The normalized spacial score (nSPS) is 10.8. The first-order chi connectivity index (χ1) is 12.8. The van der Waals surface area contributed by atoms with Gasteiger partial charge in [-0.05, 0) is 41.3 Å². The molecule has 1 N–H and O–H groups in total. The Bertz CT molecular complexity index is 1040. The van der Waals surface area contributed by atoms with Crippen molar-refractivity contribution in [2.24, 2.45) is 0 Å². The van der Waals surface area contributed by atoms with Gasteiger partial charge in [-0.15, -0.1) is 0 Å². The van der Waals surface area contributed by atoms with Gasteiger partial charge < -0.3 is 10.1 Å². The van der Waals surface area contributed by atoms with E-state index in [0.717, 1.165) is 28.2 Å². The van der Waals surface area contributed by atoms with E-state index < -0.39 is 0 Å². The molecule has 4 aromatic rings. The number of fused-ring (bicyclic) bond motifs is 1. The molecule has 3 heterocycles. The number of amides is 1. The molecular formula is C20H17N3O2S. The van der Waals surface area contributed by atoms with Crippen LogP contribution in [-0.4, -0.2) is 22.4 Å². The number of nitrogens with zero attached hydrogens (tertiary/aromatic N) is 2. The highest BCUT2D eigenvalue weighted by Crippen LogP contribution is 2.27. The van der Waals surface area contributed by atoms with Crippen molar-refractivity contribution in [3.8, 4) is 17.0 Å². The fraction of sp³-hybridized carbons (Fsp3) is 0.100. The SMILES string of the molecule is COc1ccc(CNC(=O)c2nc3ccccn3c2-c2ccsc2)cc1. The van der Waals surface area contributed by atoms with Gasteiger partial charge in [0.15, 0.2) is 5.69 Å². The highest BCUT2D eigenvalue weighted by Gasteiger charge is 2.20. The highest BCUT2D eigenvalue weighted by molar-refractivity contribution is 7.08. The van der Waals surface area contributed by atoms with E-state index in [0.29, 0.717) is 12.2 Å². The Labute approximate surface area is 154 Å². The molecule has 0 radical (unpaired) electrons. The molecule has 4 rings (SSSR count). The zero-order valence-electron chi connectivity index (χ0n) is 14.2. The summed E-state index contributed by atoms with van der Waals surface area (Å²) in [4.78, 5) is 17.4. The van der Waals surface area contributed by atoms with Crippen LogP contribution < -0.4 is 10.1 Å². The van der Waals surface area contributed by atoms with Crippen molar-refractivity contribution in [1.29, 1.82) is 0 Å². The van der Waals surface area contributed by atoms with Crippen molar-refractivity contribution in [2.75, 3.05) is 7.11 Å². The smallest absolute Gasteiger partial charge is 0.272 e. The van der Waals surface area contributed by atoms with E-state index in [-0.39, 0.29) is 5.91 Å². The van der Waals surface area contributed by atoms with E-state index in [9.17, 15) is 4.79 Å². The van der Waals surface area contributed by atoms with Crippen LogP contribution in [0.15, 0.2) is 65.5 Å². The monoisotopic (exact) mass is 363 g/mol. The largest absolute Gasteiger partial charge is 0.497 e. The maximum Gasteiger partial charge on any atom is 0.272 e. The number of rotatable bonds is 5. The quantitative estimate of drug-likeness (QED) is 0.583. The second-order valence-electron chi connectivity index (χ2n) is 5.78. The van der Waals surface area contributed by atoms with Gasteiger partial charge in [0.2, 0.25) is 0 Å². The van der Waals surface area contributed by atoms with E-state index in [4.69, 9.17) is 4.74 Å². The standard InChI is InChI=1S/C20H17N3O2S/c1-25-16-7-5-14(6-8-16)12-21-20(24)18-19(15-9-11-26-13-15)23-10-3-2-4-17(23)22-18/h2-11,13H,12H2,1H3,(H,21,24). The zero-order valence-corrected chi connectivity index (χ0v) is 15.0. The number of thiophene rings is 1. The lowest BCUT2D eigenvalue weighted by atomic mass is 10.1. The molecule has 0 spiro atoms. The average Bonchev–Trinajstić information content (AvgIpc) is 3.33. The second kappa shape index (κ2) is 7.01. The van der Waals surface area contributed by atoms with Crippen LogP contribution >= 0.6 is 11.3 Å². The molecule has 0 saturated heterocycles. The van der Waals surface area contributed by atoms with Gasteiger partial charge in [-0.3, -0.25) is 9.20 Å². The Hall–Kier alpha value is -3.12. The Morgan fingerprint density at radius 1 is 1.19 bits per heavy atom. The van der Waals surface area contributed by atoms with E-state index in [2.05, 4.69) is 10.3 Å². The lowest BCUT2D eigenvalue weighted by Crippen LogP contribution is -2.23. The molecule has 130 valence electrons. The fourth-order valence-electron chi connectivity index (χ4n) is 2.84. The van der Waals surface area contributed by atoms with Crippen molar-refractivity contribution in [1.82, 2.24) is 14.7 Å². The fourth-order valence-corrected chi connectivity index (χ4v) is 3.48. The molecule has 26 heavy (non-hydrogen) atoms. The third kappa shape index (κ3) is 3.07. The van der Waals surface area contributed by atoms with Crippen molar-refractivity contribution in [3.63, 3.8) is 0 Å². The van der Waals surface area contributed by atoms with E-state index in [1.54, 1.807) is 18.4 Å². The van der Waals surface area contributed by atoms with Crippen LogP contribution in [0.3, 0.4) is 0 Å². The highest BCUT2D eigenvalue weighted by atomic mass is 32.1. The molecule has 6 heteroatoms. The van der Waals surface area contributed by atoms with Gasteiger partial charge in [0, 0.05) is 23.7 Å². The summed E-state index contributed by atoms with van der Waals surface area (Å²) in [6, 6.07) is 15.4. The molecule has 0 atom stereocenters.